The van der Waals surface area contributed by atoms with E-state index in [9.17, 15) is 8.42 Å². The van der Waals surface area contributed by atoms with Gasteiger partial charge in [0.05, 0.1) is 11.0 Å². The van der Waals surface area contributed by atoms with Gasteiger partial charge in [-0.15, -0.1) is 0 Å². The molecule has 17 heavy (non-hydrogen) atoms. The van der Waals surface area contributed by atoms with Crippen LogP contribution in [0.25, 0.3) is 0 Å². The number of aliphatic hydroxyl groups is 1. The molecule has 3 N–H and O–H groups in total. The minimum atomic E-state index is -3.48. The summed E-state index contributed by atoms with van der Waals surface area (Å²) in [6.45, 7) is 1.91. The van der Waals surface area contributed by atoms with Crippen LogP contribution in [0.4, 0.5) is 5.69 Å². The molecule has 0 saturated heterocycles. The largest absolute Gasteiger partial charge is 0.399 e. The summed E-state index contributed by atoms with van der Waals surface area (Å²) in [5.41, 5.74) is 6.03. The van der Waals surface area contributed by atoms with Crippen LogP contribution < -0.4 is 5.73 Å². The van der Waals surface area contributed by atoms with Crippen molar-refractivity contribution in [1.82, 2.24) is 4.31 Å². The van der Waals surface area contributed by atoms with Crippen LogP contribution in [0.5, 0.6) is 0 Å². The van der Waals surface area contributed by atoms with Gasteiger partial charge in [-0.05, 0) is 37.6 Å². The molecule has 1 aromatic carbocycles. The summed E-state index contributed by atoms with van der Waals surface area (Å²) in [6, 6.07) is 6.05. The van der Waals surface area contributed by atoms with Gasteiger partial charge in [-0.2, -0.15) is 0 Å². The van der Waals surface area contributed by atoms with Crippen LogP contribution in [0, 0.1) is 0 Å². The Morgan fingerprint density at radius 3 is 2.35 bits per heavy atom. The number of anilines is 1. The Labute approximate surface area is 102 Å². The van der Waals surface area contributed by atoms with E-state index in [1.807, 2.05) is 0 Å². The van der Waals surface area contributed by atoms with E-state index >= 15 is 0 Å². The molecule has 0 fully saturated rings. The summed E-state index contributed by atoms with van der Waals surface area (Å²) in [7, 11) is -1.99. The van der Waals surface area contributed by atoms with Crippen molar-refractivity contribution in [2.45, 2.75) is 24.3 Å². The van der Waals surface area contributed by atoms with Crippen molar-refractivity contribution < 1.29 is 13.5 Å². The summed E-state index contributed by atoms with van der Waals surface area (Å²) in [4.78, 5) is 0.208. The monoisotopic (exact) mass is 258 g/mol. The lowest BCUT2D eigenvalue weighted by Gasteiger charge is -2.17. The molecule has 1 rings (SSSR count). The lowest BCUT2D eigenvalue weighted by Crippen LogP contribution is -2.29. The molecule has 6 heteroatoms. The first-order valence-corrected chi connectivity index (χ1v) is 6.78. The molecule has 0 aromatic heterocycles. The number of nitrogen functional groups attached to an aromatic ring is 1. The highest BCUT2D eigenvalue weighted by Crippen LogP contribution is 2.16. The van der Waals surface area contributed by atoms with Crippen LogP contribution in [0.3, 0.4) is 0 Å². The molecule has 0 bridgehead atoms. The lowest BCUT2D eigenvalue weighted by molar-refractivity contribution is 0.177. The number of benzene rings is 1. The molecule has 0 heterocycles. The first-order chi connectivity index (χ1) is 7.84. The van der Waals surface area contributed by atoms with E-state index in [1.54, 1.807) is 19.1 Å². The van der Waals surface area contributed by atoms with Gasteiger partial charge in [0.25, 0.3) is 0 Å². The minimum Gasteiger partial charge on any atom is -0.399 e. The third-order valence-electron chi connectivity index (χ3n) is 2.45. The SMILES string of the molecule is CC(O)CCN(C)S(=O)(=O)c1ccc(N)cc1. The van der Waals surface area contributed by atoms with E-state index in [4.69, 9.17) is 10.8 Å². The van der Waals surface area contributed by atoms with E-state index in [1.165, 1.54) is 23.5 Å². The van der Waals surface area contributed by atoms with E-state index in [-0.39, 0.29) is 11.4 Å². The molecule has 0 saturated carbocycles. The molecule has 1 atom stereocenters. The zero-order valence-corrected chi connectivity index (χ0v) is 10.8. The van der Waals surface area contributed by atoms with Crippen molar-refractivity contribution in [3.63, 3.8) is 0 Å². The summed E-state index contributed by atoms with van der Waals surface area (Å²) in [5.74, 6) is 0. The van der Waals surface area contributed by atoms with Crippen LogP contribution in [-0.4, -0.2) is 37.5 Å². The molecule has 0 aliphatic heterocycles. The van der Waals surface area contributed by atoms with Gasteiger partial charge in [0.2, 0.25) is 10.0 Å². The first-order valence-electron chi connectivity index (χ1n) is 5.34. The molecule has 0 aliphatic carbocycles. The lowest BCUT2D eigenvalue weighted by atomic mass is 10.3. The maximum atomic E-state index is 12.1. The Hall–Kier alpha value is -1.11. The number of hydrogen-bond acceptors (Lipinski definition) is 4. The Bertz CT molecular complexity index is 454. The van der Waals surface area contributed by atoms with Crippen LogP contribution >= 0.6 is 0 Å². The predicted molar refractivity (Wildman–Crippen MR) is 67.0 cm³/mol. The number of nitrogens with two attached hydrogens (primary N) is 1. The average molecular weight is 258 g/mol. The molecule has 96 valence electrons. The Morgan fingerprint density at radius 2 is 1.88 bits per heavy atom. The van der Waals surface area contributed by atoms with Gasteiger partial charge in [-0.25, -0.2) is 12.7 Å². The van der Waals surface area contributed by atoms with Gasteiger partial charge < -0.3 is 10.8 Å². The smallest absolute Gasteiger partial charge is 0.242 e. The second-order valence-corrected chi connectivity index (χ2v) is 6.08. The minimum absolute atomic E-state index is 0.208. The number of aliphatic hydroxyl groups excluding tert-OH is 1. The van der Waals surface area contributed by atoms with E-state index in [0.29, 0.717) is 12.1 Å². The highest BCUT2D eigenvalue weighted by molar-refractivity contribution is 7.89. The summed E-state index contributed by atoms with van der Waals surface area (Å²) in [6.07, 6.45) is -0.107. The van der Waals surface area contributed by atoms with Crippen LogP contribution in [0.1, 0.15) is 13.3 Å². The third-order valence-corrected chi connectivity index (χ3v) is 4.32. The maximum Gasteiger partial charge on any atom is 0.242 e. The normalized spacial score (nSPS) is 13.9. The van der Waals surface area contributed by atoms with Crippen molar-refractivity contribution in [2.24, 2.45) is 0 Å². The number of nitrogens with zero attached hydrogens (tertiary/aromatic N) is 1. The van der Waals surface area contributed by atoms with Crippen molar-refractivity contribution in [2.75, 3.05) is 19.3 Å². The second-order valence-electron chi connectivity index (χ2n) is 4.03. The summed E-state index contributed by atoms with van der Waals surface area (Å²) in [5, 5.41) is 9.14. The van der Waals surface area contributed by atoms with Gasteiger partial charge in [-0.3, -0.25) is 0 Å². The van der Waals surface area contributed by atoms with E-state index in [0.717, 1.165) is 0 Å². The van der Waals surface area contributed by atoms with Crippen molar-refractivity contribution in [1.29, 1.82) is 0 Å². The average Bonchev–Trinajstić information content (AvgIpc) is 2.26. The van der Waals surface area contributed by atoms with Crippen molar-refractivity contribution in [3.8, 4) is 0 Å². The number of sulfonamides is 1. The van der Waals surface area contributed by atoms with Gasteiger partial charge >= 0.3 is 0 Å². The molecular weight excluding hydrogens is 240 g/mol. The summed E-state index contributed by atoms with van der Waals surface area (Å²) >= 11 is 0. The van der Waals surface area contributed by atoms with Crippen LogP contribution in [0.2, 0.25) is 0 Å². The highest BCUT2D eigenvalue weighted by Gasteiger charge is 2.20. The maximum absolute atomic E-state index is 12.1. The molecule has 0 spiro atoms. The quantitative estimate of drug-likeness (QED) is 0.760. The molecular formula is C11H18N2O3S. The molecule has 1 unspecified atom stereocenters. The topological polar surface area (TPSA) is 83.6 Å². The standard InChI is InChI=1S/C11H18N2O3S/c1-9(14)7-8-13(2)17(15,16)11-5-3-10(12)4-6-11/h3-6,9,14H,7-8,12H2,1-2H3. The van der Waals surface area contributed by atoms with E-state index < -0.39 is 16.1 Å². The number of hydrogen-bond donors (Lipinski definition) is 2. The van der Waals surface area contributed by atoms with Gasteiger partial charge in [0.15, 0.2) is 0 Å². The van der Waals surface area contributed by atoms with Gasteiger partial charge in [0, 0.05) is 19.3 Å². The molecule has 0 amide bonds. The molecule has 0 radical (unpaired) electrons. The zero-order valence-electron chi connectivity index (χ0n) is 10.00. The predicted octanol–water partition coefficient (Wildman–Crippen LogP) is 0.660. The Balaban J connectivity index is 2.84. The van der Waals surface area contributed by atoms with E-state index in [2.05, 4.69) is 0 Å². The first kappa shape index (κ1) is 14.0. The van der Waals surface area contributed by atoms with Gasteiger partial charge in [-0.1, -0.05) is 0 Å². The fourth-order valence-electron chi connectivity index (χ4n) is 1.31. The van der Waals surface area contributed by atoms with Crippen LogP contribution in [0.15, 0.2) is 29.2 Å². The van der Waals surface area contributed by atoms with Gasteiger partial charge in [0.1, 0.15) is 0 Å². The Kier molecular flexibility index (Phi) is 4.50. The number of rotatable bonds is 5. The van der Waals surface area contributed by atoms with Crippen molar-refractivity contribution in [3.05, 3.63) is 24.3 Å². The fraction of sp³-hybridized carbons (Fsp3) is 0.455. The summed E-state index contributed by atoms with van der Waals surface area (Å²) < 4.78 is 25.3. The zero-order chi connectivity index (χ0) is 13.1. The molecule has 0 aliphatic rings. The molecule has 1 aromatic rings. The second kappa shape index (κ2) is 5.48. The highest BCUT2D eigenvalue weighted by atomic mass is 32.2. The molecule has 5 nitrogen and oxygen atoms in total. The fourth-order valence-corrected chi connectivity index (χ4v) is 2.49. The van der Waals surface area contributed by atoms with Crippen molar-refractivity contribution >= 4 is 15.7 Å². The third kappa shape index (κ3) is 3.69. The van der Waals surface area contributed by atoms with Crippen LogP contribution in [-0.2, 0) is 10.0 Å². The Morgan fingerprint density at radius 1 is 1.35 bits per heavy atom.